The lowest BCUT2D eigenvalue weighted by molar-refractivity contribution is -0.123. The number of amides is 2. The van der Waals surface area contributed by atoms with Crippen molar-refractivity contribution in [1.82, 2.24) is 4.98 Å². The zero-order valence-corrected chi connectivity index (χ0v) is 20.3. The molecule has 0 radical (unpaired) electrons. The van der Waals surface area contributed by atoms with Crippen LogP contribution >= 0.6 is 23.1 Å². The first-order chi connectivity index (χ1) is 17.0. The highest BCUT2D eigenvalue weighted by molar-refractivity contribution is 8.00. The number of aromatic nitrogens is 1. The van der Waals surface area contributed by atoms with Crippen LogP contribution in [0.2, 0.25) is 0 Å². The molecule has 9 heteroatoms. The average molecular weight is 507 g/mol. The fraction of sp³-hybridized carbons (Fsp3) is 0.346. The number of methoxy groups -OCH3 is 1. The Morgan fingerprint density at radius 1 is 1.03 bits per heavy atom. The topological polar surface area (TPSA) is 99.7 Å². The van der Waals surface area contributed by atoms with E-state index in [-0.39, 0.29) is 63.2 Å². The highest BCUT2D eigenvalue weighted by Crippen LogP contribution is 2.68. The lowest BCUT2D eigenvalue weighted by atomic mass is 9.68. The second kappa shape index (κ2) is 7.48. The van der Waals surface area contributed by atoms with Crippen molar-refractivity contribution in [3.63, 3.8) is 0 Å². The largest absolute Gasteiger partial charge is 0.504 e. The van der Waals surface area contributed by atoms with Crippen LogP contribution in [0.3, 0.4) is 0 Å². The molecule has 0 spiro atoms. The van der Waals surface area contributed by atoms with Gasteiger partial charge in [0, 0.05) is 16.0 Å². The molecule has 0 unspecified atom stereocenters. The number of carbonyl (C=O) groups is 2. The van der Waals surface area contributed by atoms with Crippen molar-refractivity contribution >= 4 is 40.6 Å². The number of H-pyrrole nitrogens is 1. The number of hydrogen-bond donors (Lipinski definition) is 2. The standard InChI is InChI=1S/C26H22N2O5S2/c1-33-16-9-11(7-8-15(16)29)17-18-13-10-14(21(18)34-23-22(17)35-26(32)27-23)20-19(13)24(30)28(25(20)31)12-5-3-2-4-6-12/h2-9,13-14,17-21,29H,10H2,1H3,(H,27,32)/t13-,14+,17+,18-,19+,20-,21-/m1/s1. The summed E-state index contributed by atoms with van der Waals surface area (Å²) in [5.41, 5.74) is 1.59. The molecule has 4 aliphatic rings. The van der Waals surface area contributed by atoms with Gasteiger partial charge in [0.05, 0.1) is 29.7 Å². The summed E-state index contributed by atoms with van der Waals surface area (Å²) in [6, 6.07) is 14.5. The van der Waals surface area contributed by atoms with Crippen molar-refractivity contribution in [1.29, 1.82) is 0 Å². The van der Waals surface area contributed by atoms with Crippen LogP contribution in [0.15, 0.2) is 58.4 Å². The van der Waals surface area contributed by atoms with E-state index in [0.29, 0.717) is 11.4 Å². The number of carbonyl (C=O) groups excluding carboxylic acids is 2. The quantitative estimate of drug-likeness (QED) is 0.524. The smallest absolute Gasteiger partial charge is 0.305 e. The first-order valence-corrected chi connectivity index (χ1v) is 13.4. The highest BCUT2D eigenvalue weighted by Gasteiger charge is 2.69. The Balaban J connectivity index is 1.34. The fourth-order valence-corrected chi connectivity index (χ4v) is 10.00. The number of rotatable bonds is 3. The van der Waals surface area contributed by atoms with E-state index in [1.54, 1.807) is 17.8 Å². The van der Waals surface area contributed by atoms with Crippen molar-refractivity contribution < 1.29 is 19.4 Å². The Bertz CT molecular complexity index is 1430. The average Bonchev–Trinajstić information content (AvgIpc) is 3.59. The van der Waals surface area contributed by atoms with Crippen molar-refractivity contribution in [3.8, 4) is 11.5 Å². The molecule has 1 saturated heterocycles. The van der Waals surface area contributed by atoms with Gasteiger partial charge >= 0.3 is 4.87 Å². The molecule has 2 aliphatic heterocycles. The van der Waals surface area contributed by atoms with E-state index in [1.807, 2.05) is 42.5 Å². The number of fused-ring (bicyclic) bond motifs is 9. The Kier molecular flexibility index (Phi) is 4.54. The maximum absolute atomic E-state index is 13.7. The van der Waals surface area contributed by atoms with Crippen molar-refractivity contribution in [2.45, 2.75) is 22.6 Å². The molecule has 7 atom stereocenters. The van der Waals surface area contributed by atoms with Crippen LogP contribution in [0.1, 0.15) is 22.8 Å². The number of aromatic hydroxyl groups is 1. The van der Waals surface area contributed by atoms with E-state index in [2.05, 4.69) is 4.98 Å². The summed E-state index contributed by atoms with van der Waals surface area (Å²) < 4.78 is 5.38. The number of benzene rings is 2. The van der Waals surface area contributed by atoms with Gasteiger partial charge in [-0.2, -0.15) is 0 Å². The molecule has 2 aliphatic carbocycles. The molecular weight excluding hydrogens is 484 g/mol. The minimum atomic E-state index is -0.340. The summed E-state index contributed by atoms with van der Waals surface area (Å²) in [6.07, 6.45) is 0.836. The van der Waals surface area contributed by atoms with Gasteiger partial charge in [-0.3, -0.25) is 19.3 Å². The maximum atomic E-state index is 13.7. The van der Waals surface area contributed by atoms with Crippen LogP contribution in [-0.4, -0.2) is 34.3 Å². The number of thioether (sulfide) groups is 1. The fourth-order valence-electron chi connectivity index (χ4n) is 7.11. The number of aromatic amines is 1. The van der Waals surface area contributed by atoms with Gasteiger partial charge in [0.2, 0.25) is 11.8 Å². The summed E-state index contributed by atoms with van der Waals surface area (Å²) in [5, 5.41) is 11.2. The van der Waals surface area contributed by atoms with Crippen LogP contribution < -0.4 is 14.5 Å². The highest BCUT2D eigenvalue weighted by atomic mass is 32.2. The van der Waals surface area contributed by atoms with Gasteiger partial charge in [-0.1, -0.05) is 35.6 Å². The predicted molar refractivity (Wildman–Crippen MR) is 132 cm³/mol. The normalized spacial score (nSPS) is 32.5. The summed E-state index contributed by atoms with van der Waals surface area (Å²) in [5.74, 6) is -0.301. The summed E-state index contributed by atoms with van der Waals surface area (Å²) in [4.78, 5) is 44.9. The van der Waals surface area contributed by atoms with Gasteiger partial charge in [0.1, 0.15) is 0 Å². The number of nitrogens with one attached hydrogen (secondary N) is 1. The van der Waals surface area contributed by atoms with Gasteiger partial charge in [-0.15, -0.1) is 11.8 Å². The SMILES string of the molecule is COc1cc([C@@H]2c3sc(=O)[nH]c3S[C@@H]3[C@H]4C[C@@H]([C@@H]5C(=O)N(c6ccccc6)C(=O)[C@H]45)[C@H]23)ccc1O. The Morgan fingerprint density at radius 3 is 2.51 bits per heavy atom. The minimum Gasteiger partial charge on any atom is -0.504 e. The third-order valence-corrected chi connectivity index (χ3v) is 10.9. The summed E-state index contributed by atoms with van der Waals surface area (Å²) in [7, 11) is 1.52. The number of para-hydroxylation sites is 1. The van der Waals surface area contributed by atoms with Crippen molar-refractivity contribution in [2.24, 2.45) is 29.6 Å². The number of nitrogens with zero attached hydrogens (tertiary/aromatic N) is 1. The predicted octanol–water partition coefficient (Wildman–Crippen LogP) is 3.83. The van der Waals surface area contributed by atoms with E-state index in [4.69, 9.17) is 4.74 Å². The van der Waals surface area contributed by atoms with Gasteiger partial charge in [0.25, 0.3) is 0 Å². The third kappa shape index (κ3) is 2.82. The monoisotopic (exact) mass is 506 g/mol. The van der Waals surface area contributed by atoms with Crippen molar-refractivity contribution in [3.05, 3.63) is 68.6 Å². The van der Waals surface area contributed by atoms with Crippen LogP contribution in [0, 0.1) is 29.6 Å². The number of imide groups is 1. The van der Waals surface area contributed by atoms with Gasteiger partial charge in [0.15, 0.2) is 11.5 Å². The zero-order chi connectivity index (χ0) is 24.0. The molecule has 7 nitrogen and oxygen atoms in total. The maximum Gasteiger partial charge on any atom is 0.305 e. The van der Waals surface area contributed by atoms with Gasteiger partial charge in [-0.25, -0.2) is 0 Å². The number of hydrogen-bond acceptors (Lipinski definition) is 7. The number of thiazole rings is 1. The Labute approximate surface area is 209 Å². The number of phenols is 1. The summed E-state index contributed by atoms with van der Waals surface area (Å²) >= 11 is 2.88. The first-order valence-electron chi connectivity index (χ1n) is 11.7. The molecule has 2 N–H and O–H groups in total. The molecule has 3 heterocycles. The molecular formula is C26H22N2O5S2. The lowest BCUT2D eigenvalue weighted by Gasteiger charge is -2.43. The molecule has 2 aromatic carbocycles. The second-order valence-corrected chi connectivity index (χ2v) is 11.9. The number of ether oxygens (including phenoxy) is 1. The zero-order valence-electron chi connectivity index (χ0n) is 18.7. The minimum absolute atomic E-state index is 0.0443. The molecule has 2 saturated carbocycles. The molecule has 7 rings (SSSR count). The molecule has 3 fully saturated rings. The van der Waals surface area contributed by atoms with Crippen molar-refractivity contribution in [2.75, 3.05) is 12.0 Å². The first kappa shape index (κ1) is 21.3. The van der Waals surface area contributed by atoms with E-state index < -0.39 is 0 Å². The van der Waals surface area contributed by atoms with E-state index >= 15 is 0 Å². The molecule has 3 aromatic rings. The second-order valence-electron chi connectivity index (χ2n) is 9.74. The number of anilines is 1. The lowest BCUT2D eigenvalue weighted by Crippen LogP contribution is -2.42. The molecule has 178 valence electrons. The van der Waals surface area contributed by atoms with E-state index in [1.165, 1.54) is 23.3 Å². The van der Waals surface area contributed by atoms with Crippen LogP contribution in [0.4, 0.5) is 5.69 Å². The Morgan fingerprint density at radius 2 is 1.77 bits per heavy atom. The van der Waals surface area contributed by atoms with E-state index in [9.17, 15) is 19.5 Å². The van der Waals surface area contributed by atoms with Crippen LogP contribution in [-0.2, 0) is 9.59 Å². The van der Waals surface area contributed by atoms with E-state index in [0.717, 1.165) is 21.9 Å². The van der Waals surface area contributed by atoms with Crippen LogP contribution in [0.25, 0.3) is 0 Å². The van der Waals surface area contributed by atoms with Gasteiger partial charge in [-0.05, 0) is 54.0 Å². The molecule has 2 bridgehead atoms. The molecule has 35 heavy (non-hydrogen) atoms. The van der Waals surface area contributed by atoms with Gasteiger partial charge < -0.3 is 14.8 Å². The summed E-state index contributed by atoms with van der Waals surface area (Å²) in [6.45, 7) is 0. The number of phenolic OH excluding ortho intramolecular Hbond substituents is 1. The third-order valence-electron chi connectivity index (χ3n) is 8.30. The molecule has 1 aromatic heterocycles. The van der Waals surface area contributed by atoms with Crippen LogP contribution in [0.5, 0.6) is 11.5 Å². The molecule has 2 amide bonds. The Hall–Kier alpha value is -3.04.